The van der Waals surface area contributed by atoms with Crippen molar-refractivity contribution in [2.24, 2.45) is 5.73 Å². The smallest absolute Gasteiger partial charge is 0.396 e. The Morgan fingerprint density at radius 1 is 1.29 bits per heavy atom. The summed E-state index contributed by atoms with van der Waals surface area (Å²) in [5.74, 6) is 0.178. The van der Waals surface area contributed by atoms with Crippen LogP contribution in [-0.4, -0.2) is 22.4 Å². The van der Waals surface area contributed by atoms with Gasteiger partial charge in [-0.2, -0.15) is 0 Å². The molecule has 0 amide bonds. The molecular formula is C21H24N3O3P. The molecule has 3 rings (SSSR count). The molecule has 1 unspecified atom stereocenters. The molecule has 0 aliphatic carbocycles. The van der Waals surface area contributed by atoms with Gasteiger partial charge in [-0.05, 0) is 30.2 Å². The van der Waals surface area contributed by atoms with Crippen molar-refractivity contribution in [2.75, 3.05) is 6.61 Å². The third-order valence-corrected chi connectivity index (χ3v) is 6.29. The first-order valence-corrected chi connectivity index (χ1v) is 10.7. The predicted molar refractivity (Wildman–Crippen MR) is 112 cm³/mol. The summed E-state index contributed by atoms with van der Waals surface area (Å²) in [7, 11) is -3.64. The Morgan fingerprint density at radius 3 is 2.71 bits per heavy atom. The molecule has 0 aliphatic rings. The standard InChI is InChI=1S/C21H24N3O3P/c1-3-16-10-11-19(18(14-16)21-23-12-13-24-21)27-28(25,26-4-2)20(22)15-17-8-6-5-7-9-17/h3,5-14,20H,1,4,15,22H2,2H3,(H,23,24)/t20-,28?/m0/s1. The molecule has 28 heavy (non-hydrogen) atoms. The van der Waals surface area contributed by atoms with Crippen LogP contribution in [0.15, 0.2) is 67.5 Å². The van der Waals surface area contributed by atoms with Gasteiger partial charge in [0.15, 0.2) is 0 Å². The van der Waals surface area contributed by atoms with Crippen molar-refractivity contribution >= 4 is 13.7 Å². The maximum atomic E-state index is 13.5. The SMILES string of the molecule is C=Cc1ccc(OP(=O)(OCC)[C@H](N)Cc2ccccc2)c(-c2ncc[nH]2)c1. The highest BCUT2D eigenvalue weighted by molar-refractivity contribution is 7.55. The first-order chi connectivity index (χ1) is 13.6. The summed E-state index contributed by atoms with van der Waals surface area (Å²) in [6.07, 6.45) is 5.45. The fourth-order valence-electron chi connectivity index (χ4n) is 2.83. The maximum Gasteiger partial charge on any atom is 0.396 e. The predicted octanol–water partition coefficient (Wildman–Crippen LogP) is 4.86. The van der Waals surface area contributed by atoms with Gasteiger partial charge in [0.1, 0.15) is 17.4 Å². The third-order valence-electron chi connectivity index (χ3n) is 4.22. The minimum absolute atomic E-state index is 0.223. The van der Waals surface area contributed by atoms with E-state index in [0.29, 0.717) is 23.6 Å². The number of aromatic amines is 1. The normalized spacial score (nSPS) is 14.2. The van der Waals surface area contributed by atoms with Crippen LogP contribution in [0.5, 0.6) is 5.75 Å². The number of aromatic nitrogens is 2. The summed E-state index contributed by atoms with van der Waals surface area (Å²) < 4.78 is 25.0. The fraction of sp³-hybridized carbons (Fsp3) is 0.190. The molecule has 0 saturated heterocycles. The zero-order valence-corrected chi connectivity index (χ0v) is 16.6. The molecule has 146 valence electrons. The number of nitrogens with two attached hydrogens (primary N) is 1. The molecule has 6 nitrogen and oxygen atoms in total. The minimum Gasteiger partial charge on any atom is -0.423 e. The Labute approximate surface area is 165 Å². The lowest BCUT2D eigenvalue weighted by Crippen LogP contribution is -2.27. The van der Waals surface area contributed by atoms with E-state index in [9.17, 15) is 4.57 Å². The summed E-state index contributed by atoms with van der Waals surface area (Å²) in [4.78, 5) is 7.32. The van der Waals surface area contributed by atoms with Gasteiger partial charge in [0.25, 0.3) is 0 Å². The van der Waals surface area contributed by atoms with Crippen LogP contribution in [0.3, 0.4) is 0 Å². The van der Waals surface area contributed by atoms with Crippen molar-refractivity contribution in [1.29, 1.82) is 0 Å². The molecule has 1 heterocycles. The summed E-state index contributed by atoms with van der Waals surface area (Å²) in [6.45, 7) is 5.78. The van der Waals surface area contributed by atoms with Crippen molar-refractivity contribution in [1.82, 2.24) is 9.97 Å². The average molecular weight is 397 g/mol. The third kappa shape index (κ3) is 4.60. The lowest BCUT2D eigenvalue weighted by atomic mass is 10.1. The van der Waals surface area contributed by atoms with E-state index in [4.69, 9.17) is 14.8 Å². The summed E-state index contributed by atoms with van der Waals surface area (Å²) >= 11 is 0. The Hall–Kier alpha value is -2.66. The van der Waals surface area contributed by atoms with E-state index >= 15 is 0 Å². The minimum atomic E-state index is -3.64. The van der Waals surface area contributed by atoms with Gasteiger partial charge in [0.05, 0.1) is 12.2 Å². The highest BCUT2D eigenvalue weighted by atomic mass is 31.2. The second-order valence-electron chi connectivity index (χ2n) is 6.20. The summed E-state index contributed by atoms with van der Waals surface area (Å²) in [5.41, 5.74) is 8.80. The Bertz CT molecular complexity index is 958. The van der Waals surface area contributed by atoms with Crippen LogP contribution in [0, 0.1) is 0 Å². The van der Waals surface area contributed by atoms with Crippen molar-refractivity contribution in [3.05, 3.63) is 78.6 Å². The summed E-state index contributed by atoms with van der Waals surface area (Å²) in [5, 5.41) is 0. The molecule has 3 aromatic rings. The highest BCUT2D eigenvalue weighted by Crippen LogP contribution is 2.53. The number of benzene rings is 2. The van der Waals surface area contributed by atoms with Gasteiger partial charge in [-0.3, -0.25) is 4.52 Å². The van der Waals surface area contributed by atoms with E-state index in [-0.39, 0.29) is 6.61 Å². The van der Waals surface area contributed by atoms with Gasteiger partial charge in [0, 0.05) is 18.8 Å². The van der Waals surface area contributed by atoms with Gasteiger partial charge in [-0.15, -0.1) is 0 Å². The van der Waals surface area contributed by atoms with Crippen LogP contribution in [0.4, 0.5) is 0 Å². The molecule has 0 spiro atoms. The van der Waals surface area contributed by atoms with Crippen LogP contribution >= 0.6 is 7.60 Å². The summed E-state index contributed by atoms with van der Waals surface area (Å²) in [6, 6.07) is 15.0. The van der Waals surface area contributed by atoms with Crippen LogP contribution in [0.1, 0.15) is 18.1 Å². The second-order valence-corrected chi connectivity index (χ2v) is 8.39. The van der Waals surface area contributed by atoms with E-state index in [1.54, 1.807) is 31.5 Å². The van der Waals surface area contributed by atoms with Crippen molar-refractivity contribution in [3.63, 3.8) is 0 Å². The van der Waals surface area contributed by atoms with E-state index in [1.807, 2.05) is 42.5 Å². The molecular weight excluding hydrogens is 373 g/mol. The fourth-order valence-corrected chi connectivity index (χ4v) is 4.43. The Morgan fingerprint density at radius 2 is 2.07 bits per heavy atom. The Kier molecular flexibility index (Phi) is 6.47. The molecule has 0 bridgehead atoms. The number of nitrogens with one attached hydrogen (secondary N) is 1. The van der Waals surface area contributed by atoms with E-state index in [0.717, 1.165) is 11.1 Å². The quantitative estimate of drug-likeness (QED) is 0.504. The van der Waals surface area contributed by atoms with E-state index < -0.39 is 13.4 Å². The zero-order chi connectivity index (χ0) is 20.0. The maximum absolute atomic E-state index is 13.5. The number of hydrogen-bond donors (Lipinski definition) is 2. The zero-order valence-electron chi connectivity index (χ0n) is 15.7. The van der Waals surface area contributed by atoms with Gasteiger partial charge in [-0.1, -0.05) is 49.1 Å². The van der Waals surface area contributed by atoms with E-state index in [2.05, 4.69) is 16.5 Å². The number of H-pyrrole nitrogens is 1. The molecule has 1 aromatic heterocycles. The number of hydrogen-bond acceptors (Lipinski definition) is 5. The monoisotopic (exact) mass is 397 g/mol. The van der Waals surface area contributed by atoms with Crippen LogP contribution in [-0.2, 0) is 15.5 Å². The van der Waals surface area contributed by atoms with Crippen molar-refractivity contribution < 1.29 is 13.6 Å². The lowest BCUT2D eigenvalue weighted by molar-refractivity contribution is 0.270. The highest BCUT2D eigenvalue weighted by Gasteiger charge is 2.35. The van der Waals surface area contributed by atoms with Gasteiger partial charge >= 0.3 is 7.60 Å². The molecule has 0 radical (unpaired) electrons. The molecule has 3 N–H and O–H groups in total. The molecule has 2 aromatic carbocycles. The molecule has 7 heteroatoms. The van der Waals surface area contributed by atoms with Crippen LogP contribution < -0.4 is 10.3 Å². The van der Waals surface area contributed by atoms with Crippen molar-refractivity contribution in [3.8, 4) is 17.1 Å². The molecule has 0 saturated carbocycles. The van der Waals surface area contributed by atoms with Crippen LogP contribution in [0.2, 0.25) is 0 Å². The largest absolute Gasteiger partial charge is 0.423 e. The number of nitrogens with zero attached hydrogens (tertiary/aromatic N) is 1. The lowest BCUT2D eigenvalue weighted by Gasteiger charge is -2.25. The topological polar surface area (TPSA) is 90.2 Å². The first kappa shape index (κ1) is 20.1. The van der Waals surface area contributed by atoms with Gasteiger partial charge < -0.3 is 15.2 Å². The number of rotatable bonds is 9. The van der Waals surface area contributed by atoms with Crippen molar-refractivity contribution in [2.45, 2.75) is 19.1 Å². The van der Waals surface area contributed by atoms with Crippen LogP contribution in [0.25, 0.3) is 17.5 Å². The number of imidazole rings is 1. The average Bonchev–Trinajstić information content (AvgIpc) is 3.24. The van der Waals surface area contributed by atoms with Gasteiger partial charge in [0.2, 0.25) is 0 Å². The Balaban J connectivity index is 1.93. The van der Waals surface area contributed by atoms with E-state index in [1.165, 1.54) is 0 Å². The molecule has 2 atom stereocenters. The first-order valence-electron chi connectivity index (χ1n) is 9.05. The molecule has 0 fully saturated rings. The van der Waals surface area contributed by atoms with Gasteiger partial charge in [-0.25, -0.2) is 9.55 Å². The second kappa shape index (κ2) is 9.02. The molecule has 0 aliphatic heterocycles.